The molecule has 2 rings (SSSR count). The van der Waals surface area contributed by atoms with Gasteiger partial charge < -0.3 is 10.4 Å². The zero-order chi connectivity index (χ0) is 13.0. The molecule has 2 heterocycles. The quantitative estimate of drug-likeness (QED) is 0.807. The minimum Gasteiger partial charge on any atom is -0.396 e. The van der Waals surface area contributed by atoms with E-state index in [2.05, 4.69) is 29.1 Å². The lowest BCUT2D eigenvalue weighted by Crippen LogP contribution is -2.34. The zero-order valence-electron chi connectivity index (χ0n) is 10.9. The summed E-state index contributed by atoms with van der Waals surface area (Å²) >= 11 is 0. The molecular weight excluding hydrogens is 228 g/mol. The number of nitrogens with zero attached hydrogens (tertiary/aromatic N) is 3. The van der Waals surface area contributed by atoms with Crippen molar-refractivity contribution >= 4 is 5.65 Å². The van der Waals surface area contributed by atoms with Gasteiger partial charge in [0.05, 0.1) is 18.1 Å². The zero-order valence-corrected chi connectivity index (χ0v) is 10.9. The highest BCUT2D eigenvalue weighted by molar-refractivity contribution is 5.36. The number of hydrogen-bond donors (Lipinski definition) is 2. The molecule has 98 valence electrons. The Kier molecular flexibility index (Phi) is 4.28. The molecule has 0 aromatic carbocycles. The molecule has 0 radical (unpaired) electrons. The van der Waals surface area contributed by atoms with E-state index in [9.17, 15) is 0 Å². The first kappa shape index (κ1) is 13.0. The number of aliphatic hydroxyl groups excluding tert-OH is 1. The van der Waals surface area contributed by atoms with Crippen LogP contribution >= 0.6 is 0 Å². The molecule has 0 saturated carbocycles. The van der Waals surface area contributed by atoms with E-state index in [0.29, 0.717) is 12.0 Å². The second-order valence-corrected chi connectivity index (χ2v) is 4.80. The fraction of sp³-hybridized carbons (Fsp3) is 0.538. The summed E-state index contributed by atoms with van der Waals surface area (Å²) in [6, 6.07) is 0.322. The molecule has 0 bridgehead atoms. The molecule has 0 aliphatic heterocycles. The highest BCUT2D eigenvalue weighted by atomic mass is 16.3. The molecule has 1 unspecified atom stereocenters. The summed E-state index contributed by atoms with van der Waals surface area (Å²) in [5.74, 6) is 0.498. The van der Waals surface area contributed by atoms with Crippen molar-refractivity contribution in [3.8, 4) is 0 Å². The van der Waals surface area contributed by atoms with E-state index in [-0.39, 0.29) is 6.61 Å². The van der Waals surface area contributed by atoms with Gasteiger partial charge in [-0.25, -0.2) is 4.98 Å². The van der Waals surface area contributed by atoms with Crippen LogP contribution in [0.3, 0.4) is 0 Å². The molecule has 2 aromatic rings. The molecule has 18 heavy (non-hydrogen) atoms. The normalized spacial score (nSPS) is 13.3. The Morgan fingerprint density at radius 3 is 2.94 bits per heavy atom. The van der Waals surface area contributed by atoms with Crippen LogP contribution in [0.1, 0.15) is 26.0 Å². The molecule has 5 nitrogen and oxygen atoms in total. The van der Waals surface area contributed by atoms with Crippen LogP contribution in [0.15, 0.2) is 24.8 Å². The first-order chi connectivity index (χ1) is 8.72. The highest BCUT2D eigenvalue weighted by Crippen LogP contribution is 2.09. The molecule has 0 saturated heterocycles. The van der Waals surface area contributed by atoms with Crippen molar-refractivity contribution in [1.82, 2.24) is 19.7 Å². The predicted molar refractivity (Wildman–Crippen MR) is 70.2 cm³/mol. The van der Waals surface area contributed by atoms with Gasteiger partial charge in [0.15, 0.2) is 5.65 Å². The van der Waals surface area contributed by atoms with Crippen LogP contribution in [0.25, 0.3) is 5.65 Å². The van der Waals surface area contributed by atoms with Gasteiger partial charge in [0.2, 0.25) is 0 Å². The molecule has 2 N–H and O–H groups in total. The van der Waals surface area contributed by atoms with Crippen molar-refractivity contribution in [1.29, 1.82) is 0 Å². The van der Waals surface area contributed by atoms with Gasteiger partial charge in [-0.05, 0) is 12.3 Å². The summed E-state index contributed by atoms with van der Waals surface area (Å²) in [6.45, 7) is 5.28. The largest absolute Gasteiger partial charge is 0.396 e. The first-order valence-corrected chi connectivity index (χ1v) is 6.32. The number of nitrogens with one attached hydrogen (secondary N) is 1. The third kappa shape index (κ3) is 2.86. The van der Waals surface area contributed by atoms with E-state index in [0.717, 1.165) is 24.3 Å². The van der Waals surface area contributed by atoms with Crippen molar-refractivity contribution in [2.24, 2.45) is 5.92 Å². The van der Waals surface area contributed by atoms with Crippen LogP contribution in [0.4, 0.5) is 0 Å². The van der Waals surface area contributed by atoms with Crippen molar-refractivity contribution in [3.63, 3.8) is 0 Å². The number of rotatable bonds is 6. The lowest BCUT2D eigenvalue weighted by Gasteiger charge is -2.21. The third-order valence-corrected chi connectivity index (χ3v) is 3.18. The SMILES string of the molecule is CC(C)C(CCO)NCc1cnc2cnccn12. The molecule has 5 heteroatoms. The molecule has 1 atom stereocenters. The Morgan fingerprint density at radius 2 is 2.22 bits per heavy atom. The van der Waals surface area contributed by atoms with Crippen LogP contribution in [0, 0.1) is 5.92 Å². The topological polar surface area (TPSA) is 62.5 Å². The highest BCUT2D eigenvalue weighted by Gasteiger charge is 2.12. The summed E-state index contributed by atoms with van der Waals surface area (Å²) < 4.78 is 2.02. The smallest absolute Gasteiger partial charge is 0.155 e. The Hall–Kier alpha value is -1.46. The monoisotopic (exact) mass is 248 g/mol. The van der Waals surface area contributed by atoms with E-state index in [4.69, 9.17) is 5.11 Å². The molecule has 0 aliphatic rings. The minimum absolute atomic E-state index is 0.215. The Morgan fingerprint density at radius 1 is 1.39 bits per heavy atom. The second-order valence-electron chi connectivity index (χ2n) is 4.80. The van der Waals surface area contributed by atoms with Crippen molar-refractivity contribution < 1.29 is 5.11 Å². The number of fused-ring (bicyclic) bond motifs is 1. The Labute approximate surface area is 107 Å². The van der Waals surface area contributed by atoms with Crippen molar-refractivity contribution in [2.45, 2.75) is 32.9 Å². The fourth-order valence-corrected chi connectivity index (χ4v) is 2.07. The van der Waals surface area contributed by atoms with Crippen molar-refractivity contribution in [3.05, 3.63) is 30.5 Å². The molecular formula is C13H20N4O. The van der Waals surface area contributed by atoms with Gasteiger partial charge in [-0.3, -0.25) is 9.38 Å². The maximum Gasteiger partial charge on any atom is 0.155 e. The van der Waals surface area contributed by atoms with Gasteiger partial charge in [-0.15, -0.1) is 0 Å². The van der Waals surface area contributed by atoms with Crippen LogP contribution in [0.2, 0.25) is 0 Å². The standard InChI is InChI=1S/C13H20N4O/c1-10(2)12(3-6-18)15-7-11-8-16-13-9-14-4-5-17(11)13/h4-5,8-10,12,15,18H,3,6-7H2,1-2H3. The summed E-state index contributed by atoms with van der Waals surface area (Å²) in [6.07, 6.45) is 8.05. The average molecular weight is 248 g/mol. The third-order valence-electron chi connectivity index (χ3n) is 3.18. The Bertz CT molecular complexity index is 494. The van der Waals surface area contributed by atoms with Crippen LogP contribution in [-0.4, -0.2) is 32.1 Å². The number of hydrogen-bond acceptors (Lipinski definition) is 4. The van der Waals surface area contributed by atoms with E-state index in [1.165, 1.54) is 0 Å². The van der Waals surface area contributed by atoms with Crippen LogP contribution in [-0.2, 0) is 6.54 Å². The first-order valence-electron chi connectivity index (χ1n) is 6.32. The van der Waals surface area contributed by atoms with Gasteiger partial charge in [-0.1, -0.05) is 13.8 Å². The van der Waals surface area contributed by atoms with Gasteiger partial charge >= 0.3 is 0 Å². The van der Waals surface area contributed by atoms with Crippen LogP contribution in [0.5, 0.6) is 0 Å². The number of aliphatic hydroxyl groups is 1. The second kappa shape index (κ2) is 5.93. The molecule has 0 amide bonds. The van der Waals surface area contributed by atoms with Gasteiger partial charge in [0, 0.05) is 31.6 Å². The lowest BCUT2D eigenvalue weighted by molar-refractivity contribution is 0.243. The van der Waals surface area contributed by atoms with Crippen LogP contribution < -0.4 is 5.32 Å². The van der Waals surface area contributed by atoms with Gasteiger partial charge in [0.25, 0.3) is 0 Å². The number of aromatic nitrogens is 3. The van der Waals surface area contributed by atoms with E-state index in [1.54, 1.807) is 12.4 Å². The molecule has 0 fully saturated rings. The van der Waals surface area contributed by atoms with E-state index < -0.39 is 0 Å². The van der Waals surface area contributed by atoms with Gasteiger partial charge in [0.1, 0.15) is 0 Å². The molecule has 0 spiro atoms. The predicted octanol–water partition coefficient (Wildman–Crippen LogP) is 1.23. The summed E-state index contributed by atoms with van der Waals surface area (Å²) in [5, 5.41) is 12.5. The summed E-state index contributed by atoms with van der Waals surface area (Å²) in [7, 11) is 0. The maximum atomic E-state index is 9.05. The molecule has 0 aliphatic carbocycles. The lowest BCUT2D eigenvalue weighted by atomic mass is 10.0. The van der Waals surface area contributed by atoms with Crippen molar-refractivity contribution in [2.75, 3.05) is 6.61 Å². The maximum absolute atomic E-state index is 9.05. The fourth-order valence-electron chi connectivity index (χ4n) is 2.07. The summed E-state index contributed by atoms with van der Waals surface area (Å²) in [5.41, 5.74) is 1.97. The van der Waals surface area contributed by atoms with E-state index in [1.807, 2.05) is 16.8 Å². The Balaban J connectivity index is 2.05. The number of imidazole rings is 1. The van der Waals surface area contributed by atoms with E-state index >= 15 is 0 Å². The summed E-state index contributed by atoms with van der Waals surface area (Å²) in [4.78, 5) is 8.34. The average Bonchev–Trinajstić information content (AvgIpc) is 2.77. The minimum atomic E-state index is 0.215. The molecule has 2 aromatic heterocycles. The van der Waals surface area contributed by atoms with Gasteiger partial charge in [-0.2, -0.15) is 0 Å².